The second-order valence-corrected chi connectivity index (χ2v) is 4.20. The molecule has 1 aromatic rings. The molecule has 0 radical (unpaired) electrons. The first kappa shape index (κ1) is 13.0. The molecule has 0 bridgehead atoms. The SMILES string of the molecule is CC(CN)NCCCN(C)c1ccccc1. The number of anilines is 1. The summed E-state index contributed by atoms with van der Waals surface area (Å²) in [5.74, 6) is 0. The van der Waals surface area contributed by atoms with E-state index in [9.17, 15) is 0 Å². The number of benzene rings is 1. The van der Waals surface area contributed by atoms with Crippen molar-refractivity contribution < 1.29 is 0 Å². The van der Waals surface area contributed by atoms with Crippen molar-refractivity contribution in [3.63, 3.8) is 0 Å². The molecular weight excluding hydrogens is 198 g/mol. The summed E-state index contributed by atoms with van der Waals surface area (Å²) >= 11 is 0. The number of para-hydroxylation sites is 1. The average Bonchev–Trinajstić information content (AvgIpc) is 2.35. The molecule has 16 heavy (non-hydrogen) atoms. The molecule has 0 saturated carbocycles. The normalized spacial score (nSPS) is 12.4. The Hall–Kier alpha value is -1.06. The molecule has 0 aliphatic carbocycles. The van der Waals surface area contributed by atoms with Gasteiger partial charge in [-0.3, -0.25) is 0 Å². The standard InChI is InChI=1S/C13H23N3/c1-12(11-14)15-9-6-10-16(2)13-7-4-3-5-8-13/h3-5,7-8,12,15H,6,9-11,14H2,1-2H3. The van der Waals surface area contributed by atoms with Crippen LogP contribution in [0, 0.1) is 0 Å². The molecular formula is C13H23N3. The minimum absolute atomic E-state index is 0.419. The lowest BCUT2D eigenvalue weighted by Gasteiger charge is -2.19. The minimum Gasteiger partial charge on any atom is -0.375 e. The molecule has 1 atom stereocenters. The van der Waals surface area contributed by atoms with Crippen molar-refractivity contribution in [2.24, 2.45) is 5.73 Å². The van der Waals surface area contributed by atoms with Crippen LogP contribution in [-0.2, 0) is 0 Å². The van der Waals surface area contributed by atoms with E-state index < -0.39 is 0 Å². The quantitative estimate of drug-likeness (QED) is 0.685. The zero-order chi connectivity index (χ0) is 11.8. The van der Waals surface area contributed by atoms with E-state index in [0.29, 0.717) is 12.6 Å². The lowest BCUT2D eigenvalue weighted by molar-refractivity contribution is 0.544. The monoisotopic (exact) mass is 221 g/mol. The molecule has 0 saturated heterocycles. The first-order valence-electron chi connectivity index (χ1n) is 5.93. The predicted molar refractivity (Wildman–Crippen MR) is 70.8 cm³/mol. The third kappa shape index (κ3) is 4.64. The topological polar surface area (TPSA) is 41.3 Å². The maximum atomic E-state index is 5.53. The molecule has 3 heteroatoms. The number of hydrogen-bond acceptors (Lipinski definition) is 3. The molecule has 0 fully saturated rings. The van der Waals surface area contributed by atoms with Crippen LogP contribution in [0.4, 0.5) is 5.69 Å². The summed E-state index contributed by atoms with van der Waals surface area (Å²) in [7, 11) is 2.13. The molecule has 0 heterocycles. The summed E-state index contributed by atoms with van der Waals surface area (Å²) in [6, 6.07) is 10.9. The van der Waals surface area contributed by atoms with Crippen LogP contribution in [0.1, 0.15) is 13.3 Å². The minimum atomic E-state index is 0.419. The van der Waals surface area contributed by atoms with E-state index in [2.05, 4.69) is 48.5 Å². The van der Waals surface area contributed by atoms with E-state index in [-0.39, 0.29) is 0 Å². The number of hydrogen-bond donors (Lipinski definition) is 2. The van der Waals surface area contributed by atoms with Gasteiger partial charge in [0.2, 0.25) is 0 Å². The summed E-state index contributed by atoms with van der Waals surface area (Å²) in [6.07, 6.45) is 1.13. The van der Waals surface area contributed by atoms with Crippen molar-refractivity contribution in [1.29, 1.82) is 0 Å². The molecule has 3 N–H and O–H groups in total. The van der Waals surface area contributed by atoms with Gasteiger partial charge in [0.15, 0.2) is 0 Å². The maximum Gasteiger partial charge on any atom is 0.0363 e. The van der Waals surface area contributed by atoms with Crippen molar-refractivity contribution in [2.75, 3.05) is 31.6 Å². The van der Waals surface area contributed by atoms with E-state index >= 15 is 0 Å². The fourth-order valence-electron chi connectivity index (χ4n) is 1.56. The van der Waals surface area contributed by atoms with Crippen LogP contribution >= 0.6 is 0 Å². The van der Waals surface area contributed by atoms with Crippen molar-refractivity contribution in [3.05, 3.63) is 30.3 Å². The van der Waals surface area contributed by atoms with Crippen LogP contribution in [0.2, 0.25) is 0 Å². The molecule has 3 nitrogen and oxygen atoms in total. The highest BCUT2D eigenvalue weighted by atomic mass is 15.1. The third-order valence-corrected chi connectivity index (χ3v) is 2.71. The Balaban J connectivity index is 2.18. The van der Waals surface area contributed by atoms with Crippen molar-refractivity contribution in [1.82, 2.24) is 5.32 Å². The van der Waals surface area contributed by atoms with Crippen LogP contribution in [0.5, 0.6) is 0 Å². The van der Waals surface area contributed by atoms with Gasteiger partial charge in [0.05, 0.1) is 0 Å². The number of nitrogens with zero attached hydrogens (tertiary/aromatic N) is 1. The Morgan fingerprint density at radius 1 is 1.31 bits per heavy atom. The highest BCUT2D eigenvalue weighted by molar-refractivity contribution is 5.44. The van der Waals surface area contributed by atoms with Gasteiger partial charge >= 0.3 is 0 Å². The molecule has 1 unspecified atom stereocenters. The summed E-state index contributed by atoms with van der Waals surface area (Å²) in [5, 5.41) is 3.39. The predicted octanol–water partition coefficient (Wildman–Crippen LogP) is 1.45. The molecule has 0 aliphatic heterocycles. The lowest BCUT2D eigenvalue weighted by Crippen LogP contribution is -2.35. The molecule has 90 valence electrons. The molecule has 0 aromatic heterocycles. The fraction of sp³-hybridized carbons (Fsp3) is 0.538. The van der Waals surface area contributed by atoms with Gasteiger partial charge in [-0.15, -0.1) is 0 Å². The molecule has 1 aromatic carbocycles. The largest absolute Gasteiger partial charge is 0.375 e. The highest BCUT2D eigenvalue weighted by Gasteiger charge is 2.00. The number of nitrogens with two attached hydrogens (primary N) is 1. The van der Waals surface area contributed by atoms with E-state index in [0.717, 1.165) is 19.5 Å². The Bertz CT molecular complexity index is 274. The van der Waals surface area contributed by atoms with Gasteiger partial charge in [0, 0.05) is 31.9 Å². The third-order valence-electron chi connectivity index (χ3n) is 2.71. The summed E-state index contributed by atoms with van der Waals surface area (Å²) < 4.78 is 0. The van der Waals surface area contributed by atoms with E-state index in [1.165, 1.54) is 5.69 Å². The van der Waals surface area contributed by atoms with Gasteiger partial charge < -0.3 is 16.0 Å². The van der Waals surface area contributed by atoms with Gasteiger partial charge in [-0.1, -0.05) is 18.2 Å². The molecule has 0 aliphatic rings. The van der Waals surface area contributed by atoms with Crippen LogP contribution in [-0.4, -0.2) is 32.7 Å². The Morgan fingerprint density at radius 2 is 2.00 bits per heavy atom. The van der Waals surface area contributed by atoms with Crippen molar-refractivity contribution >= 4 is 5.69 Å². The zero-order valence-electron chi connectivity index (χ0n) is 10.3. The summed E-state index contributed by atoms with van der Waals surface area (Å²) in [4.78, 5) is 2.27. The zero-order valence-corrected chi connectivity index (χ0v) is 10.3. The Kier molecular flexibility index (Phi) is 5.90. The van der Waals surface area contributed by atoms with Gasteiger partial charge in [-0.25, -0.2) is 0 Å². The van der Waals surface area contributed by atoms with Crippen LogP contribution in [0.25, 0.3) is 0 Å². The Labute approximate surface area is 98.6 Å². The van der Waals surface area contributed by atoms with Crippen molar-refractivity contribution in [3.8, 4) is 0 Å². The Morgan fingerprint density at radius 3 is 2.62 bits per heavy atom. The van der Waals surface area contributed by atoms with Crippen LogP contribution < -0.4 is 16.0 Å². The van der Waals surface area contributed by atoms with E-state index in [1.54, 1.807) is 0 Å². The second-order valence-electron chi connectivity index (χ2n) is 4.20. The number of rotatable bonds is 7. The van der Waals surface area contributed by atoms with Gasteiger partial charge in [0.25, 0.3) is 0 Å². The van der Waals surface area contributed by atoms with E-state index in [4.69, 9.17) is 5.73 Å². The molecule has 1 rings (SSSR count). The second kappa shape index (κ2) is 7.25. The summed E-state index contributed by atoms with van der Waals surface area (Å²) in [6.45, 7) is 4.90. The van der Waals surface area contributed by atoms with Crippen LogP contribution in [0.15, 0.2) is 30.3 Å². The van der Waals surface area contributed by atoms with Crippen LogP contribution in [0.3, 0.4) is 0 Å². The lowest BCUT2D eigenvalue weighted by atomic mass is 10.2. The van der Waals surface area contributed by atoms with Gasteiger partial charge in [-0.05, 0) is 32.0 Å². The fourth-order valence-corrected chi connectivity index (χ4v) is 1.56. The van der Waals surface area contributed by atoms with E-state index in [1.807, 2.05) is 6.07 Å². The van der Waals surface area contributed by atoms with Gasteiger partial charge in [-0.2, -0.15) is 0 Å². The smallest absolute Gasteiger partial charge is 0.0363 e. The first-order chi connectivity index (χ1) is 7.74. The maximum absolute atomic E-state index is 5.53. The first-order valence-corrected chi connectivity index (χ1v) is 5.93. The number of nitrogens with one attached hydrogen (secondary N) is 1. The van der Waals surface area contributed by atoms with Crippen molar-refractivity contribution in [2.45, 2.75) is 19.4 Å². The molecule has 0 amide bonds. The average molecular weight is 221 g/mol. The summed E-state index contributed by atoms with van der Waals surface area (Å²) in [5.41, 5.74) is 6.80. The highest BCUT2D eigenvalue weighted by Crippen LogP contribution is 2.10. The van der Waals surface area contributed by atoms with Gasteiger partial charge in [0.1, 0.15) is 0 Å². The molecule has 0 spiro atoms.